The molecule has 110 valence electrons. The largest absolute Gasteiger partial charge is 0.395 e. The van der Waals surface area contributed by atoms with E-state index in [0.717, 1.165) is 19.5 Å². The molecule has 0 unspecified atom stereocenters. The van der Waals surface area contributed by atoms with E-state index in [-0.39, 0.29) is 23.3 Å². The summed E-state index contributed by atoms with van der Waals surface area (Å²) in [6.07, 6.45) is 2.08. The fourth-order valence-electron chi connectivity index (χ4n) is 2.28. The number of anilines is 1. The molecule has 1 aliphatic rings. The van der Waals surface area contributed by atoms with Gasteiger partial charge in [-0.3, -0.25) is 15.0 Å². The molecule has 20 heavy (non-hydrogen) atoms. The van der Waals surface area contributed by atoms with Crippen molar-refractivity contribution in [2.24, 2.45) is 0 Å². The van der Waals surface area contributed by atoms with E-state index in [1.165, 1.54) is 6.33 Å². The Hall–Kier alpha value is -1.51. The van der Waals surface area contributed by atoms with Crippen LogP contribution in [-0.2, 0) is 0 Å². The molecule has 0 aromatic carbocycles. The van der Waals surface area contributed by atoms with Crippen LogP contribution in [0.2, 0.25) is 5.15 Å². The topological polar surface area (TPSA) is 95.6 Å². The van der Waals surface area contributed by atoms with Gasteiger partial charge in [-0.1, -0.05) is 11.6 Å². The molecule has 8 nitrogen and oxygen atoms in total. The van der Waals surface area contributed by atoms with Crippen LogP contribution in [0.4, 0.5) is 11.5 Å². The van der Waals surface area contributed by atoms with Crippen LogP contribution in [-0.4, -0.2) is 64.2 Å². The average Bonchev–Trinajstić information content (AvgIpc) is 2.64. The number of aliphatic hydroxyl groups is 1. The van der Waals surface area contributed by atoms with Crippen LogP contribution in [0.5, 0.6) is 0 Å². The number of nitro groups is 1. The van der Waals surface area contributed by atoms with Crippen molar-refractivity contribution in [1.29, 1.82) is 0 Å². The summed E-state index contributed by atoms with van der Waals surface area (Å²) in [7, 11) is 0. The second-order valence-electron chi connectivity index (χ2n) is 4.50. The molecule has 2 heterocycles. The van der Waals surface area contributed by atoms with Gasteiger partial charge in [-0.25, -0.2) is 9.97 Å². The zero-order valence-electron chi connectivity index (χ0n) is 10.9. The van der Waals surface area contributed by atoms with Gasteiger partial charge in [-0.15, -0.1) is 0 Å². The maximum absolute atomic E-state index is 11.1. The Kier molecular flexibility index (Phi) is 5.05. The maximum atomic E-state index is 11.1. The van der Waals surface area contributed by atoms with E-state index in [9.17, 15) is 10.1 Å². The van der Waals surface area contributed by atoms with Crippen molar-refractivity contribution in [3.05, 3.63) is 21.6 Å². The third-order valence-electron chi connectivity index (χ3n) is 3.25. The molecule has 1 fully saturated rings. The smallest absolute Gasteiger partial charge is 0.348 e. The van der Waals surface area contributed by atoms with Gasteiger partial charge in [0.05, 0.1) is 11.5 Å². The number of halogens is 1. The van der Waals surface area contributed by atoms with Crippen LogP contribution in [0.25, 0.3) is 0 Å². The summed E-state index contributed by atoms with van der Waals surface area (Å²) in [5.74, 6) is 0.265. The Bertz CT molecular complexity index is 487. The number of hydrogen-bond acceptors (Lipinski definition) is 7. The van der Waals surface area contributed by atoms with E-state index < -0.39 is 4.92 Å². The van der Waals surface area contributed by atoms with Gasteiger partial charge in [0.2, 0.25) is 11.0 Å². The van der Waals surface area contributed by atoms with Crippen LogP contribution in [0.1, 0.15) is 6.42 Å². The first-order valence-corrected chi connectivity index (χ1v) is 6.74. The van der Waals surface area contributed by atoms with E-state index in [1.54, 1.807) is 0 Å². The van der Waals surface area contributed by atoms with E-state index >= 15 is 0 Å². The third-order valence-corrected chi connectivity index (χ3v) is 3.52. The molecule has 0 bridgehead atoms. The molecule has 1 aromatic rings. The first-order chi connectivity index (χ1) is 9.63. The minimum atomic E-state index is -0.548. The van der Waals surface area contributed by atoms with Crippen LogP contribution >= 0.6 is 11.6 Å². The van der Waals surface area contributed by atoms with Crippen LogP contribution in [0.15, 0.2) is 6.33 Å². The quantitative estimate of drug-likeness (QED) is 0.492. The Morgan fingerprint density at radius 2 is 2.15 bits per heavy atom. The molecule has 0 amide bonds. The zero-order chi connectivity index (χ0) is 14.5. The van der Waals surface area contributed by atoms with E-state index in [1.807, 2.05) is 4.90 Å². The molecule has 0 atom stereocenters. The van der Waals surface area contributed by atoms with Crippen molar-refractivity contribution in [1.82, 2.24) is 14.9 Å². The van der Waals surface area contributed by atoms with Crippen LogP contribution < -0.4 is 4.90 Å². The molecule has 1 saturated heterocycles. The summed E-state index contributed by atoms with van der Waals surface area (Å²) in [6, 6.07) is 0. The molecule has 1 aliphatic heterocycles. The maximum Gasteiger partial charge on any atom is 0.348 e. The molecule has 1 N–H and O–H groups in total. The van der Waals surface area contributed by atoms with Gasteiger partial charge in [0.1, 0.15) is 6.33 Å². The van der Waals surface area contributed by atoms with Crippen molar-refractivity contribution in [3.63, 3.8) is 0 Å². The monoisotopic (exact) mass is 301 g/mol. The highest BCUT2D eigenvalue weighted by Crippen LogP contribution is 2.31. The number of rotatable bonds is 4. The first kappa shape index (κ1) is 14.9. The second kappa shape index (κ2) is 6.78. The predicted octanol–water partition coefficient (Wildman–Crippen LogP) is 0.543. The fourth-order valence-corrected chi connectivity index (χ4v) is 2.48. The van der Waals surface area contributed by atoms with Gasteiger partial charge >= 0.3 is 5.69 Å². The second-order valence-corrected chi connectivity index (χ2v) is 4.86. The summed E-state index contributed by atoms with van der Waals surface area (Å²) < 4.78 is 0. The van der Waals surface area contributed by atoms with Gasteiger partial charge in [0, 0.05) is 26.2 Å². The summed E-state index contributed by atoms with van der Waals surface area (Å²) >= 11 is 5.80. The van der Waals surface area contributed by atoms with Crippen molar-refractivity contribution in [2.45, 2.75) is 6.42 Å². The van der Waals surface area contributed by atoms with Crippen LogP contribution in [0, 0.1) is 10.1 Å². The van der Waals surface area contributed by atoms with Gasteiger partial charge < -0.3 is 10.0 Å². The van der Waals surface area contributed by atoms with Gasteiger partial charge in [-0.2, -0.15) is 0 Å². The predicted molar refractivity (Wildman–Crippen MR) is 74.1 cm³/mol. The Balaban J connectivity index is 2.20. The van der Waals surface area contributed by atoms with Gasteiger partial charge in [0.25, 0.3) is 0 Å². The summed E-state index contributed by atoms with van der Waals surface area (Å²) in [4.78, 5) is 22.2. The first-order valence-electron chi connectivity index (χ1n) is 6.36. The molecular weight excluding hydrogens is 286 g/mol. The number of aliphatic hydroxyl groups excluding tert-OH is 1. The molecule has 0 aliphatic carbocycles. The molecule has 0 spiro atoms. The number of β-amino-alcohol motifs (C(OH)–C–C–N with tert-alkyl or cyclic N) is 1. The lowest BCUT2D eigenvalue weighted by Gasteiger charge is -2.21. The minimum absolute atomic E-state index is 0.111. The van der Waals surface area contributed by atoms with E-state index in [2.05, 4.69) is 14.9 Å². The minimum Gasteiger partial charge on any atom is -0.395 e. The Labute approximate surface area is 121 Å². The molecule has 2 rings (SSSR count). The molecule has 0 radical (unpaired) electrons. The highest BCUT2D eigenvalue weighted by Gasteiger charge is 2.27. The van der Waals surface area contributed by atoms with E-state index in [0.29, 0.717) is 19.6 Å². The summed E-state index contributed by atoms with van der Waals surface area (Å²) in [6.45, 7) is 3.56. The fraction of sp³-hybridized carbons (Fsp3) is 0.636. The average molecular weight is 302 g/mol. The number of hydrogen-bond donors (Lipinski definition) is 1. The standard InChI is InChI=1S/C11H16ClN5O3/c12-10-9(17(19)20)11(14-8-13-10)16-3-1-2-15(4-5-16)6-7-18/h8,18H,1-7H2. The van der Waals surface area contributed by atoms with Crippen molar-refractivity contribution < 1.29 is 10.0 Å². The lowest BCUT2D eigenvalue weighted by Crippen LogP contribution is -2.33. The van der Waals surface area contributed by atoms with Crippen molar-refractivity contribution >= 4 is 23.1 Å². The third kappa shape index (κ3) is 3.33. The van der Waals surface area contributed by atoms with Crippen molar-refractivity contribution in [2.75, 3.05) is 44.2 Å². The van der Waals surface area contributed by atoms with Gasteiger partial charge in [-0.05, 0) is 13.0 Å². The molecule has 9 heteroatoms. The number of nitrogens with zero attached hydrogens (tertiary/aromatic N) is 5. The summed E-state index contributed by atoms with van der Waals surface area (Å²) in [5.41, 5.74) is -0.246. The number of aromatic nitrogens is 2. The highest BCUT2D eigenvalue weighted by atomic mass is 35.5. The lowest BCUT2D eigenvalue weighted by atomic mass is 10.3. The Morgan fingerprint density at radius 3 is 2.85 bits per heavy atom. The highest BCUT2D eigenvalue weighted by molar-refractivity contribution is 6.31. The SMILES string of the molecule is O=[N+]([O-])c1c(Cl)ncnc1N1CCCN(CCO)CC1. The van der Waals surface area contributed by atoms with Crippen molar-refractivity contribution in [3.8, 4) is 0 Å². The van der Waals surface area contributed by atoms with E-state index in [4.69, 9.17) is 16.7 Å². The molecule has 1 aromatic heterocycles. The normalized spacial score (nSPS) is 17.0. The van der Waals surface area contributed by atoms with Crippen LogP contribution in [0.3, 0.4) is 0 Å². The van der Waals surface area contributed by atoms with Gasteiger partial charge in [0.15, 0.2) is 0 Å². The summed E-state index contributed by atoms with van der Waals surface area (Å²) in [5, 5.41) is 19.9. The Morgan fingerprint density at radius 1 is 1.35 bits per heavy atom. The molecular formula is C11H16ClN5O3. The zero-order valence-corrected chi connectivity index (χ0v) is 11.7. The lowest BCUT2D eigenvalue weighted by molar-refractivity contribution is -0.384. The molecule has 0 saturated carbocycles.